The Morgan fingerprint density at radius 2 is 1.94 bits per heavy atom. The van der Waals surface area contributed by atoms with Gasteiger partial charge in [-0.2, -0.15) is 5.10 Å². The summed E-state index contributed by atoms with van der Waals surface area (Å²) in [4.78, 5) is 0. The first-order chi connectivity index (χ1) is 7.90. The highest BCUT2D eigenvalue weighted by atomic mass is 35.5. The van der Waals surface area contributed by atoms with Gasteiger partial charge in [-0.1, -0.05) is 19.3 Å². The number of hydrogen-bond acceptors (Lipinski definition) is 1. The van der Waals surface area contributed by atoms with Gasteiger partial charge in [0, 0.05) is 17.2 Å². The number of rotatable bonds is 3. The maximum absolute atomic E-state index is 6.00. The molecular weight excluding hydrogens is 220 g/mol. The second-order valence-corrected chi connectivity index (χ2v) is 5.47. The van der Waals surface area contributed by atoms with E-state index in [1.54, 1.807) is 0 Å². The molecule has 0 spiro atoms. The zero-order valence-electron chi connectivity index (χ0n) is 9.66. The molecule has 2 nitrogen and oxygen atoms in total. The smallest absolute Gasteiger partial charge is 0.0537 e. The Labute approximate surface area is 102 Å². The highest BCUT2D eigenvalue weighted by molar-refractivity contribution is 6.17. The van der Waals surface area contributed by atoms with Crippen molar-refractivity contribution in [2.24, 2.45) is 0 Å². The molecule has 0 aliphatic heterocycles. The number of halogens is 1. The third-order valence-electron chi connectivity index (χ3n) is 3.94. The molecule has 2 aliphatic rings. The van der Waals surface area contributed by atoms with Gasteiger partial charge in [0.05, 0.1) is 18.1 Å². The number of alkyl halides is 1. The topological polar surface area (TPSA) is 17.8 Å². The summed E-state index contributed by atoms with van der Waals surface area (Å²) in [6, 6.07) is 0.654. The molecule has 0 amide bonds. The minimum absolute atomic E-state index is 0.624. The van der Waals surface area contributed by atoms with Gasteiger partial charge in [0.1, 0.15) is 0 Å². The lowest BCUT2D eigenvalue weighted by Gasteiger charge is -2.24. The van der Waals surface area contributed by atoms with Crippen LogP contribution >= 0.6 is 11.6 Å². The van der Waals surface area contributed by atoms with E-state index in [0.29, 0.717) is 11.9 Å². The molecule has 3 rings (SSSR count). The van der Waals surface area contributed by atoms with Gasteiger partial charge in [-0.25, -0.2) is 0 Å². The molecule has 0 radical (unpaired) electrons. The summed E-state index contributed by atoms with van der Waals surface area (Å²) in [5.41, 5.74) is 2.73. The van der Waals surface area contributed by atoms with E-state index >= 15 is 0 Å². The van der Waals surface area contributed by atoms with Crippen LogP contribution in [-0.2, 0) is 5.88 Å². The molecule has 0 atom stereocenters. The zero-order valence-corrected chi connectivity index (χ0v) is 10.4. The summed E-state index contributed by atoms with van der Waals surface area (Å²) in [7, 11) is 0. The van der Waals surface area contributed by atoms with E-state index in [-0.39, 0.29) is 0 Å². The van der Waals surface area contributed by atoms with Gasteiger partial charge in [0.15, 0.2) is 0 Å². The van der Waals surface area contributed by atoms with E-state index in [1.807, 2.05) is 6.20 Å². The third-order valence-corrected chi connectivity index (χ3v) is 4.23. The lowest BCUT2D eigenvalue weighted by Crippen LogP contribution is -2.16. The monoisotopic (exact) mass is 238 g/mol. The van der Waals surface area contributed by atoms with Crippen LogP contribution in [0.2, 0.25) is 0 Å². The first-order valence-electron chi connectivity index (χ1n) is 6.52. The summed E-state index contributed by atoms with van der Waals surface area (Å²) in [6.07, 6.45) is 11.4. The zero-order chi connectivity index (χ0) is 11.0. The van der Waals surface area contributed by atoms with Crippen LogP contribution in [0.15, 0.2) is 6.20 Å². The van der Waals surface area contributed by atoms with Gasteiger partial charge in [0.25, 0.3) is 0 Å². The number of aromatic nitrogens is 2. The van der Waals surface area contributed by atoms with Crippen molar-refractivity contribution in [2.75, 3.05) is 0 Å². The molecule has 0 saturated heterocycles. The van der Waals surface area contributed by atoms with Gasteiger partial charge in [0.2, 0.25) is 0 Å². The largest absolute Gasteiger partial charge is 0.266 e. The predicted molar refractivity (Wildman–Crippen MR) is 65.9 cm³/mol. The minimum Gasteiger partial charge on any atom is -0.266 e. The van der Waals surface area contributed by atoms with Crippen molar-refractivity contribution >= 4 is 11.6 Å². The molecule has 1 heterocycles. The van der Waals surface area contributed by atoms with Crippen LogP contribution in [0.25, 0.3) is 0 Å². The molecule has 88 valence electrons. The van der Waals surface area contributed by atoms with E-state index < -0.39 is 0 Å². The summed E-state index contributed by atoms with van der Waals surface area (Å²) in [6.45, 7) is 0. The van der Waals surface area contributed by atoms with Gasteiger partial charge in [-0.05, 0) is 25.7 Å². The number of hydrogen-bond donors (Lipinski definition) is 0. The van der Waals surface area contributed by atoms with Crippen molar-refractivity contribution < 1.29 is 0 Å². The first kappa shape index (κ1) is 10.6. The molecule has 1 aromatic heterocycles. The van der Waals surface area contributed by atoms with Gasteiger partial charge < -0.3 is 0 Å². The molecular formula is C13H19ClN2. The third kappa shape index (κ3) is 1.88. The molecule has 0 unspecified atom stereocenters. The van der Waals surface area contributed by atoms with Crippen molar-refractivity contribution in [1.82, 2.24) is 9.78 Å². The summed E-state index contributed by atoms with van der Waals surface area (Å²) in [5.74, 6) is 1.39. The van der Waals surface area contributed by atoms with Crippen LogP contribution in [0.4, 0.5) is 0 Å². The highest BCUT2D eigenvalue weighted by Gasteiger charge is 2.32. The Balaban J connectivity index is 1.89. The van der Waals surface area contributed by atoms with E-state index in [2.05, 4.69) is 9.78 Å². The van der Waals surface area contributed by atoms with Crippen molar-refractivity contribution in [1.29, 1.82) is 0 Å². The lowest BCUT2D eigenvalue weighted by atomic mass is 9.95. The summed E-state index contributed by atoms with van der Waals surface area (Å²) in [5, 5.41) is 4.60. The summed E-state index contributed by atoms with van der Waals surface area (Å²) >= 11 is 6.00. The second kappa shape index (κ2) is 4.40. The Morgan fingerprint density at radius 3 is 2.56 bits per heavy atom. The van der Waals surface area contributed by atoms with Crippen LogP contribution in [0, 0.1) is 0 Å². The molecule has 2 fully saturated rings. The van der Waals surface area contributed by atoms with Crippen molar-refractivity contribution in [3.63, 3.8) is 0 Å². The molecule has 0 aromatic carbocycles. The average Bonchev–Trinajstić information content (AvgIpc) is 3.09. The van der Waals surface area contributed by atoms with Crippen LogP contribution in [0.5, 0.6) is 0 Å². The first-order valence-corrected chi connectivity index (χ1v) is 7.06. The van der Waals surface area contributed by atoms with E-state index in [9.17, 15) is 0 Å². The fraction of sp³-hybridized carbons (Fsp3) is 0.769. The van der Waals surface area contributed by atoms with Crippen molar-refractivity contribution in [2.45, 2.75) is 62.8 Å². The molecule has 16 heavy (non-hydrogen) atoms. The predicted octanol–water partition coefficient (Wildman–Crippen LogP) is 4.00. The van der Waals surface area contributed by atoms with Crippen LogP contribution in [0.3, 0.4) is 0 Å². The standard InChI is InChI=1S/C13H19ClN2/c14-8-11-9-15-16(13(11)10-6-7-10)12-4-2-1-3-5-12/h9-10,12H,1-8H2. The Morgan fingerprint density at radius 1 is 1.19 bits per heavy atom. The number of nitrogens with zero attached hydrogens (tertiary/aromatic N) is 2. The van der Waals surface area contributed by atoms with E-state index in [1.165, 1.54) is 56.2 Å². The molecule has 0 bridgehead atoms. The Bertz CT molecular complexity index is 362. The van der Waals surface area contributed by atoms with E-state index in [0.717, 1.165) is 5.92 Å². The Kier molecular flexibility index (Phi) is 2.93. The Hall–Kier alpha value is -0.500. The van der Waals surface area contributed by atoms with Crippen molar-refractivity contribution in [3.8, 4) is 0 Å². The second-order valence-electron chi connectivity index (χ2n) is 5.20. The maximum Gasteiger partial charge on any atom is 0.0537 e. The van der Waals surface area contributed by atoms with Crippen LogP contribution in [-0.4, -0.2) is 9.78 Å². The minimum atomic E-state index is 0.624. The average molecular weight is 239 g/mol. The maximum atomic E-state index is 6.00. The van der Waals surface area contributed by atoms with Gasteiger partial charge >= 0.3 is 0 Å². The van der Waals surface area contributed by atoms with Crippen LogP contribution < -0.4 is 0 Å². The molecule has 2 saturated carbocycles. The lowest BCUT2D eigenvalue weighted by molar-refractivity contribution is 0.322. The quantitative estimate of drug-likeness (QED) is 0.728. The SMILES string of the molecule is ClCc1cnn(C2CCCCC2)c1C1CC1. The van der Waals surface area contributed by atoms with Crippen LogP contribution in [0.1, 0.15) is 68.2 Å². The normalized spacial score (nSPS) is 22.6. The molecule has 1 aromatic rings. The summed E-state index contributed by atoms with van der Waals surface area (Å²) < 4.78 is 2.31. The molecule has 2 aliphatic carbocycles. The fourth-order valence-electron chi connectivity index (χ4n) is 2.93. The van der Waals surface area contributed by atoms with Crippen molar-refractivity contribution in [3.05, 3.63) is 17.5 Å². The highest BCUT2D eigenvalue weighted by Crippen LogP contribution is 2.44. The van der Waals surface area contributed by atoms with E-state index in [4.69, 9.17) is 11.6 Å². The molecule has 0 N–H and O–H groups in total. The fourth-order valence-corrected chi connectivity index (χ4v) is 3.14. The molecule has 3 heteroatoms. The van der Waals surface area contributed by atoms with Gasteiger partial charge in [-0.15, -0.1) is 11.6 Å². The van der Waals surface area contributed by atoms with Gasteiger partial charge in [-0.3, -0.25) is 4.68 Å².